The Morgan fingerprint density at radius 3 is 2.82 bits per heavy atom. The quantitative estimate of drug-likeness (QED) is 0.932. The van der Waals surface area contributed by atoms with Crippen LogP contribution in [0.2, 0.25) is 4.34 Å². The average Bonchev–Trinajstić information content (AvgIpc) is 2.94. The largest absolute Gasteiger partial charge is 0.366 e. The normalized spacial score (nSPS) is 15.8. The molecule has 3 rings (SSSR count). The lowest BCUT2D eigenvalue weighted by molar-refractivity contribution is -0.131. The van der Waals surface area contributed by atoms with Crippen LogP contribution in [0, 0.1) is 0 Å². The van der Waals surface area contributed by atoms with Gasteiger partial charge < -0.3 is 10.2 Å². The number of nitrogens with zero attached hydrogens (tertiary/aromatic N) is 3. The van der Waals surface area contributed by atoms with Crippen LogP contribution in [0.3, 0.4) is 0 Å². The Bertz CT molecular complexity index is 625. The molecule has 7 heteroatoms. The Balaban J connectivity index is 1.48. The first-order valence-electron chi connectivity index (χ1n) is 7.27. The van der Waals surface area contributed by atoms with E-state index < -0.39 is 0 Å². The van der Waals surface area contributed by atoms with Crippen molar-refractivity contribution < 1.29 is 4.79 Å². The molecule has 1 aliphatic heterocycles. The Morgan fingerprint density at radius 1 is 1.36 bits per heavy atom. The SMILES string of the molecule is O=C(Cc1ccc(Cl)s1)N1CCC(Nc2cccnn2)CC1. The molecule has 0 atom stereocenters. The Kier molecular flexibility index (Phi) is 4.90. The molecule has 116 valence electrons. The maximum Gasteiger partial charge on any atom is 0.227 e. The van der Waals surface area contributed by atoms with Crippen LogP contribution in [0.4, 0.5) is 5.82 Å². The van der Waals surface area contributed by atoms with Gasteiger partial charge in [-0.05, 0) is 37.1 Å². The number of piperidine rings is 1. The van der Waals surface area contributed by atoms with Crippen molar-refractivity contribution in [1.29, 1.82) is 0 Å². The van der Waals surface area contributed by atoms with Crippen LogP contribution in [0.1, 0.15) is 17.7 Å². The number of likely N-dealkylation sites (tertiary alicyclic amines) is 1. The predicted molar refractivity (Wildman–Crippen MR) is 88.3 cm³/mol. The first-order valence-corrected chi connectivity index (χ1v) is 8.46. The van der Waals surface area contributed by atoms with Crippen LogP contribution in [0.25, 0.3) is 0 Å². The number of rotatable bonds is 4. The van der Waals surface area contributed by atoms with Gasteiger partial charge in [-0.3, -0.25) is 4.79 Å². The highest BCUT2D eigenvalue weighted by Gasteiger charge is 2.23. The first kappa shape index (κ1) is 15.2. The van der Waals surface area contributed by atoms with Gasteiger partial charge in [0.25, 0.3) is 0 Å². The molecule has 1 fully saturated rings. The number of amides is 1. The fraction of sp³-hybridized carbons (Fsp3) is 0.400. The summed E-state index contributed by atoms with van der Waals surface area (Å²) in [6.07, 6.45) is 3.95. The number of nitrogens with one attached hydrogen (secondary N) is 1. The molecule has 0 radical (unpaired) electrons. The van der Waals surface area contributed by atoms with Gasteiger partial charge >= 0.3 is 0 Å². The highest BCUT2D eigenvalue weighted by molar-refractivity contribution is 7.16. The molecule has 0 unspecified atom stereocenters. The summed E-state index contributed by atoms with van der Waals surface area (Å²) in [6, 6.07) is 7.88. The third kappa shape index (κ3) is 3.96. The van der Waals surface area contributed by atoms with Gasteiger partial charge in [-0.25, -0.2) is 0 Å². The topological polar surface area (TPSA) is 58.1 Å². The monoisotopic (exact) mass is 336 g/mol. The van der Waals surface area contributed by atoms with Gasteiger partial charge in [0, 0.05) is 30.2 Å². The molecule has 1 amide bonds. The molecule has 0 spiro atoms. The zero-order valence-electron chi connectivity index (χ0n) is 12.0. The van der Waals surface area contributed by atoms with Crippen molar-refractivity contribution in [3.05, 3.63) is 39.7 Å². The minimum atomic E-state index is 0.177. The third-order valence-corrected chi connectivity index (χ3v) is 4.96. The molecule has 2 aromatic heterocycles. The molecule has 1 saturated heterocycles. The van der Waals surface area contributed by atoms with E-state index in [4.69, 9.17) is 11.6 Å². The van der Waals surface area contributed by atoms with E-state index >= 15 is 0 Å². The van der Waals surface area contributed by atoms with Crippen LogP contribution in [-0.2, 0) is 11.2 Å². The zero-order chi connectivity index (χ0) is 15.4. The average molecular weight is 337 g/mol. The minimum absolute atomic E-state index is 0.177. The molecular weight excluding hydrogens is 320 g/mol. The maximum atomic E-state index is 12.3. The number of carbonyl (C=O) groups excluding carboxylic acids is 1. The Hall–Kier alpha value is -1.66. The van der Waals surface area contributed by atoms with Crippen LogP contribution >= 0.6 is 22.9 Å². The maximum absolute atomic E-state index is 12.3. The second-order valence-corrected chi connectivity index (χ2v) is 7.09. The first-order chi connectivity index (χ1) is 10.7. The predicted octanol–water partition coefficient (Wildman–Crippen LogP) is 2.84. The van der Waals surface area contributed by atoms with Gasteiger partial charge in [-0.2, -0.15) is 5.10 Å². The van der Waals surface area contributed by atoms with E-state index in [-0.39, 0.29) is 5.91 Å². The van der Waals surface area contributed by atoms with E-state index in [1.165, 1.54) is 11.3 Å². The molecule has 0 aromatic carbocycles. The van der Waals surface area contributed by atoms with Gasteiger partial charge in [0.2, 0.25) is 5.91 Å². The van der Waals surface area contributed by atoms with Crippen molar-refractivity contribution in [3.63, 3.8) is 0 Å². The van der Waals surface area contributed by atoms with Crippen molar-refractivity contribution >= 4 is 34.7 Å². The van der Waals surface area contributed by atoms with Gasteiger partial charge in [0.1, 0.15) is 5.82 Å². The molecular formula is C15H17ClN4OS. The summed E-state index contributed by atoms with van der Waals surface area (Å²) in [5, 5.41) is 11.3. The summed E-state index contributed by atoms with van der Waals surface area (Å²) < 4.78 is 0.731. The molecule has 22 heavy (non-hydrogen) atoms. The highest BCUT2D eigenvalue weighted by atomic mass is 35.5. The van der Waals surface area contributed by atoms with E-state index in [1.54, 1.807) is 6.20 Å². The van der Waals surface area contributed by atoms with Gasteiger partial charge in [-0.15, -0.1) is 16.4 Å². The van der Waals surface area contributed by atoms with E-state index in [9.17, 15) is 4.79 Å². The van der Waals surface area contributed by atoms with Crippen molar-refractivity contribution in [2.24, 2.45) is 0 Å². The molecule has 0 bridgehead atoms. The van der Waals surface area contributed by atoms with Crippen LogP contribution in [0.5, 0.6) is 0 Å². The summed E-state index contributed by atoms with van der Waals surface area (Å²) in [7, 11) is 0. The fourth-order valence-corrected chi connectivity index (χ4v) is 3.65. The molecule has 1 N–H and O–H groups in total. The Labute approximate surface area is 138 Å². The molecule has 2 aromatic rings. The molecule has 0 saturated carbocycles. The van der Waals surface area contributed by atoms with Crippen molar-refractivity contribution in [1.82, 2.24) is 15.1 Å². The van der Waals surface area contributed by atoms with Crippen molar-refractivity contribution in [2.45, 2.75) is 25.3 Å². The van der Waals surface area contributed by atoms with Crippen LogP contribution < -0.4 is 5.32 Å². The van der Waals surface area contributed by atoms with Gasteiger partial charge in [0.05, 0.1) is 10.8 Å². The summed E-state index contributed by atoms with van der Waals surface area (Å²) in [5.74, 6) is 0.969. The smallest absolute Gasteiger partial charge is 0.227 e. The highest BCUT2D eigenvalue weighted by Crippen LogP contribution is 2.23. The summed E-state index contributed by atoms with van der Waals surface area (Å²) >= 11 is 7.37. The van der Waals surface area contributed by atoms with E-state index in [0.29, 0.717) is 12.5 Å². The van der Waals surface area contributed by atoms with E-state index in [1.807, 2.05) is 29.2 Å². The standard InChI is InChI=1S/C15H17ClN4OS/c16-13-4-3-12(22-13)10-15(21)20-8-5-11(6-9-20)18-14-2-1-7-17-19-14/h1-4,7,11H,5-6,8-10H2,(H,18,19). The number of halogens is 1. The second kappa shape index (κ2) is 7.07. The van der Waals surface area contributed by atoms with Crippen LogP contribution in [0.15, 0.2) is 30.5 Å². The number of anilines is 1. The lowest BCUT2D eigenvalue weighted by atomic mass is 10.0. The number of hydrogen-bond acceptors (Lipinski definition) is 5. The summed E-state index contributed by atoms with van der Waals surface area (Å²) in [5.41, 5.74) is 0. The third-order valence-electron chi connectivity index (χ3n) is 3.73. The van der Waals surface area contributed by atoms with E-state index in [0.717, 1.165) is 41.0 Å². The van der Waals surface area contributed by atoms with Crippen LogP contribution in [-0.4, -0.2) is 40.1 Å². The molecule has 1 aliphatic rings. The Morgan fingerprint density at radius 2 is 2.18 bits per heavy atom. The number of aromatic nitrogens is 2. The van der Waals surface area contributed by atoms with E-state index in [2.05, 4.69) is 15.5 Å². The van der Waals surface area contributed by atoms with Gasteiger partial charge in [-0.1, -0.05) is 11.6 Å². The lowest BCUT2D eigenvalue weighted by Crippen LogP contribution is -2.43. The summed E-state index contributed by atoms with van der Waals surface area (Å²) in [6.45, 7) is 1.55. The molecule has 3 heterocycles. The minimum Gasteiger partial charge on any atom is -0.366 e. The molecule has 5 nitrogen and oxygen atoms in total. The zero-order valence-corrected chi connectivity index (χ0v) is 13.6. The fourth-order valence-electron chi connectivity index (χ4n) is 2.57. The van der Waals surface area contributed by atoms with Crippen molar-refractivity contribution in [3.8, 4) is 0 Å². The lowest BCUT2D eigenvalue weighted by Gasteiger charge is -2.32. The number of carbonyl (C=O) groups is 1. The number of thiophene rings is 1. The van der Waals surface area contributed by atoms with Gasteiger partial charge in [0.15, 0.2) is 0 Å². The van der Waals surface area contributed by atoms with Crippen molar-refractivity contribution in [2.75, 3.05) is 18.4 Å². The summed E-state index contributed by atoms with van der Waals surface area (Å²) in [4.78, 5) is 15.2. The molecule has 0 aliphatic carbocycles. The second-order valence-electron chi connectivity index (χ2n) is 5.29. The number of hydrogen-bond donors (Lipinski definition) is 1.